The molecule has 9 aromatic carbocycles. The summed E-state index contributed by atoms with van der Waals surface area (Å²) < 4.78 is 2.46. The van der Waals surface area contributed by atoms with Crippen LogP contribution in [0.2, 0.25) is 0 Å². The fraction of sp³-hybridized carbons (Fsp3) is 0. The fourth-order valence-corrected chi connectivity index (χ4v) is 8.33. The minimum atomic E-state index is 0.642. The fourth-order valence-electron chi connectivity index (χ4n) is 8.33. The maximum Gasteiger partial charge on any atom is 0.164 e. The highest BCUT2D eigenvalue weighted by Crippen LogP contribution is 2.45. The van der Waals surface area contributed by atoms with E-state index in [4.69, 9.17) is 15.0 Å². The molecule has 4 nitrogen and oxygen atoms in total. The number of fused-ring (bicyclic) bond motifs is 11. The van der Waals surface area contributed by atoms with Crippen LogP contribution in [0.5, 0.6) is 0 Å². The molecule has 0 aliphatic rings. The first-order valence-electron chi connectivity index (χ1n) is 18.0. The van der Waals surface area contributed by atoms with Crippen LogP contribution in [0.25, 0.3) is 105 Å². The molecular weight excluding hydrogens is 645 g/mol. The van der Waals surface area contributed by atoms with Crippen LogP contribution in [0.15, 0.2) is 182 Å². The van der Waals surface area contributed by atoms with Gasteiger partial charge in [0, 0.05) is 38.2 Å². The molecule has 0 N–H and O–H groups in total. The molecule has 53 heavy (non-hydrogen) atoms. The molecule has 0 unspecified atom stereocenters. The minimum absolute atomic E-state index is 0.642. The smallest absolute Gasteiger partial charge is 0.164 e. The Balaban J connectivity index is 1.31. The molecule has 0 radical (unpaired) electrons. The molecule has 0 saturated carbocycles. The van der Waals surface area contributed by atoms with Gasteiger partial charge in [0.25, 0.3) is 0 Å². The summed E-state index contributed by atoms with van der Waals surface area (Å²) in [5, 5.41) is 12.0. The average molecular weight is 675 g/mol. The number of nitrogens with zero attached hydrogens (tertiary/aromatic N) is 4. The molecule has 11 aromatic rings. The van der Waals surface area contributed by atoms with Crippen LogP contribution in [-0.4, -0.2) is 19.5 Å². The second-order valence-electron chi connectivity index (χ2n) is 13.5. The van der Waals surface area contributed by atoms with Gasteiger partial charge in [-0.15, -0.1) is 0 Å². The summed E-state index contributed by atoms with van der Waals surface area (Å²) in [6, 6.07) is 64.4. The summed E-state index contributed by atoms with van der Waals surface area (Å²) in [5.74, 6) is 1.93. The monoisotopic (exact) mass is 674 g/mol. The molecule has 0 aliphatic carbocycles. The zero-order valence-corrected chi connectivity index (χ0v) is 28.6. The van der Waals surface area contributed by atoms with Crippen LogP contribution in [0.3, 0.4) is 0 Å². The summed E-state index contributed by atoms with van der Waals surface area (Å²) in [6.07, 6.45) is 0. The van der Waals surface area contributed by atoms with Crippen LogP contribution in [-0.2, 0) is 0 Å². The van der Waals surface area contributed by atoms with E-state index in [1.807, 2.05) is 36.4 Å². The van der Waals surface area contributed by atoms with Crippen molar-refractivity contribution in [2.24, 2.45) is 0 Å². The van der Waals surface area contributed by atoms with Crippen molar-refractivity contribution in [3.05, 3.63) is 182 Å². The van der Waals surface area contributed by atoms with Gasteiger partial charge >= 0.3 is 0 Å². The van der Waals surface area contributed by atoms with Gasteiger partial charge in [-0.25, -0.2) is 15.0 Å². The molecule has 0 aliphatic heterocycles. The first-order chi connectivity index (χ1) is 26.3. The van der Waals surface area contributed by atoms with Crippen LogP contribution < -0.4 is 0 Å². The number of rotatable bonds is 4. The van der Waals surface area contributed by atoms with Crippen molar-refractivity contribution in [3.63, 3.8) is 0 Å². The molecule has 0 fully saturated rings. The first-order valence-corrected chi connectivity index (χ1v) is 18.0. The molecule has 246 valence electrons. The summed E-state index contributed by atoms with van der Waals surface area (Å²) >= 11 is 0. The van der Waals surface area contributed by atoms with E-state index in [1.54, 1.807) is 0 Å². The first kappa shape index (κ1) is 29.5. The van der Waals surface area contributed by atoms with E-state index in [0.29, 0.717) is 17.5 Å². The SMILES string of the molecule is c1ccc(-c2nc(-c3ccccc3)nc(-c3cccc4c5ccccc5c5cccc(-n6c7ccccc7c7c8ccccc8ccc76)c5c34)n2)cc1. The quantitative estimate of drug-likeness (QED) is 0.175. The average Bonchev–Trinajstić information content (AvgIpc) is 3.58. The lowest BCUT2D eigenvalue weighted by atomic mass is 9.90. The zero-order chi connectivity index (χ0) is 34.9. The highest BCUT2D eigenvalue weighted by molar-refractivity contribution is 6.31. The molecule has 2 heterocycles. The van der Waals surface area contributed by atoms with Gasteiger partial charge in [0.05, 0.1) is 16.7 Å². The molecule has 0 saturated heterocycles. The van der Waals surface area contributed by atoms with E-state index < -0.39 is 0 Å². The lowest BCUT2D eigenvalue weighted by Gasteiger charge is -2.18. The van der Waals surface area contributed by atoms with Crippen LogP contribution in [0.1, 0.15) is 0 Å². The number of hydrogen-bond donors (Lipinski definition) is 0. The molecule has 0 atom stereocenters. The molecule has 0 amide bonds. The largest absolute Gasteiger partial charge is 0.309 e. The van der Waals surface area contributed by atoms with E-state index in [0.717, 1.165) is 38.5 Å². The number of para-hydroxylation sites is 1. The van der Waals surface area contributed by atoms with Gasteiger partial charge in [-0.3, -0.25) is 0 Å². The summed E-state index contributed by atoms with van der Waals surface area (Å²) in [7, 11) is 0. The van der Waals surface area contributed by atoms with Crippen molar-refractivity contribution in [2.45, 2.75) is 0 Å². The van der Waals surface area contributed by atoms with Gasteiger partial charge in [-0.1, -0.05) is 164 Å². The lowest BCUT2D eigenvalue weighted by molar-refractivity contribution is 1.08. The predicted molar refractivity (Wildman–Crippen MR) is 220 cm³/mol. The Morgan fingerprint density at radius 2 is 0.830 bits per heavy atom. The van der Waals surface area contributed by atoms with E-state index >= 15 is 0 Å². The van der Waals surface area contributed by atoms with Crippen LogP contribution >= 0.6 is 0 Å². The normalized spacial score (nSPS) is 11.8. The Morgan fingerprint density at radius 3 is 1.53 bits per heavy atom. The molecule has 0 spiro atoms. The summed E-state index contributed by atoms with van der Waals surface area (Å²) in [6.45, 7) is 0. The van der Waals surface area contributed by atoms with Gasteiger partial charge in [0.1, 0.15) is 0 Å². The van der Waals surface area contributed by atoms with Gasteiger partial charge in [-0.2, -0.15) is 0 Å². The predicted octanol–water partition coefficient (Wildman–Crippen LogP) is 12.6. The van der Waals surface area contributed by atoms with E-state index in [9.17, 15) is 0 Å². The lowest BCUT2D eigenvalue weighted by Crippen LogP contribution is -2.01. The Hall–Kier alpha value is -7.17. The summed E-state index contributed by atoms with van der Waals surface area (Å²) in [5.41, 5.74) is 6.32. The van der Waals surface area contributed by atoms with E-state index in [2.05, 4.69) is 150 Å². The van der Waals surface area contributed by atoms with Gasteiger partial charge in [0.15, 0.2) is 17.5 Å². The maximum absolute atomic E-state index is 5.23. The third kappa shape index (κ3) is 4.52. The van der Waals surface area contributed by atoms with E-state index in [-0.39, 0.29) is 0 Å². The third-order valence-corrected chi connectivity index (χ3v) is 10.6. The summed E-state index contributed by atoms with van der Waals surface area (Å²) in [4.78, 5) is 15.5. The zero-order valence-electron chi connectivity index (χ0n) is 28.6. The minimum Gasteiger partial charge on any atom is -0.309 e. The van der Waals surface area contributed by atoms with Crippen molar-refractivity contribution < 1.29 is 0 Å². The highest BCUT2D eigenvalue weighted by Gasteiger charge is 2.22. The van der Waals surface area contributed by atoms with Gasteiger partial charge in [-0.05, 0) is 50.5 Å². The van der Waals surface area contributed by atoms with Gasteiger partial charge < -0.3 is 4.57 Å². The van der Waals surface area contributed by atoms with Gasteiger partial charge in [0.2, 0.25) is 0 Å². The highest BCUT2D eigenvalue weighted by atomic mass is 15.0. The van der Waals surface area contributed by atoms with Crippen molar-refractivity contribution >= 4 is 64.9 Å². The molecule has 4 heteroatoms. The van der Waals surface area contributed by atoms with Crippen molar-refractivity contribution in [1.82, 2.24) is 19.5 Å². The van der Waals surface area contributed by atoms with Crippen molar-refractivity contribution in [2.75, 3.05) is 0 Å². The Bertz CT molecular complexity index is 3160. The third-order valence-electron chi connectivity index (χ3n) is 10.6. The van der Waals surface area contributed by atoms with Crippen LogP contribution in [0.4, 0.5) is 0 Å². The topological polar surface area (TPSA) is 43.6 Å². The second-order valence-corrected chi connectivity index (χ2v) is 13.5. The molecule has 11 rings (SSSR count). The molecule has 0 bridgehead atoms. The van der Waals surface area contributed by atoms with E-state index in [1.165, 1.54) is 48.7 Å². The standard InChI is InChI=1S/C49H30N4/c1-3-16-32(17-4-1)47-50-48(33-18-5-2-6-19-33)52-49(51-47)40-26-13-24-37-35-21-9-10-22-36(35)38-25-14-28-42(46(38)45(37)40)53-41-27-12-11-23-39(41)44-34-20-8-7-15-31(34)29-30-43(44)53/h1-30H. The second kappa shape index (κ2) is 11.7. The Morgan fingerprint density at radius 1 is 0.302 bits per heavy atom. The van der Waals surface area contributed by atoms with Crippen molar-refractivity contribution in [3.8, 4) is 39.9 Å². The Labute approximate surface area is 305 Å². The Kier molecular flexibility index (Phi) is 6.52. The number of benzene rings is 9. The maximum atomic E-state index is 5.23. The van der Waals surface area contributed by atoms with Crippen LogP contribution in [0, 0.1) is 0 Å². The van der Waals surface area contributed by atoms with Crippen molar-refractivity contribution in [1.29, 1.82) is 0 Å². The molecular formula is C49H30N4. The molecule has 2 aromatic heterocycles. The number of aromatic nitrogens is 4. The number of hydrogen-bond acceptors (Lipinski definition) is 3.